The molecular formula is C13H7Cl2NOS. The molecule has 0 atom stereocenters. The lowest BCUT2D eigenvalue weighted by molar-refractivity contribution is 0.565. The normalized spacial score (nSPS) is 9.89. The molecular weight excluding hydrogens is 289 g/mol. The van der Waals surface area contributed by atoms with Crippen LogP contribution in [0.25, 0.3) is 0 Å². The second-order valence-electron chi connectivity index (χ2n) is 3.37. The number of isocyanates is 1. The summed E-state index contributed by atoms with van der Waals surface area (Å²) in [6.45, 7) is 0. The van der Waals surface area contributed by atoms with Crippen LogP contribution >= 0.6 is 35.0 Å². The zero-order valence-electron chi connectivity index (χ0n) is 9.06. The van der Waals surface area contributed by atoms with Gasteiger partial charge in [0.25, 0.3) is 0 Å². The number of hydrogen-bond acceptors (Lipinski definition) is 3. The van der Waals surface area contributed by atoms with Crippen molar-refractivity contribution in [1.82, 2.24) is 0 Å². The van der Waals surface area contributed by atoms with Crippen LogP contribution < -0.4 is 0 Å². The van der Waals surface area contributed by atoms with Crippen molar-refractivity contribution in [2.45, 2.75) is 9.79 Å². The Morgan fingerprint density at radius 1 is 1.00 bits per heavy atom. The third-order valence-electron chi connectivity index (χ3n) is 2.13. The molecule has 0 aromatic heterocycles. The van der Waals surface area contributed by atoms with Gasteiger partial charge in [0.05, 0.1) is 10.7 Å². The van der Waals surface area contributed by atoms with Crippen LogP contribution in [0.15, 0.2) is 57.2 Å². The molecule has 2 aromatic rings. The number of benzene rings is 2. The number of nitrogens with zero attached hydrogens (tertiary/aromatic N) is 1. The van der Waals surface area contributed by atoms with Crippen molar-refractivity contribution in [2.24, 2.45) is 4.99 Å². The lowest BCUT2D eigenvalue weighted by Crippen LogP contribution is -1.75. The van der Waals surface area contributed by atoms with E-state index < -0.39 is 0 Å². The predicted octanol–water partition coefficient (Wildman–Crippen LogP) is 5.11. The van der Waals surface area contributed by atoms with E-state index >= 15 is 0 Å². The highest BCUT2D eigenvalue weighted by Gasteiger charge is 2.03. The Morgan fingerprint density at radius 2 is 1.67 bits per heavy atom. The molecule has 0 aliphatic carbocycles. The van der Waals surface area contributed by atoms with Gasteiger partial charge in [0.2, 0.25) is 6.08 Å². The van der Waals surface area contributed by atoms with Gasteiger partial charge in [-0.25, -0.2) is 4.79 Å². The molecule has 90 valence electrons. The van der Waals surface area contributed by atoms with E-state index in [1.165, 1.54) is 6.08 Å². The number of hydrogen-bond donors (Lipinski definition) is 0. The summed E-state index contributed by atoms with van der Waals surface area (Å²) in [6, 6.07) is 12.8. The lowest BCUT2D eigenvalue weighted by Gasteiger charge is -2.03. The maximum atomic E-state index is 10.2. The Balaban J connectivity index is 2.22. The van der Waals surface area contributed by atoms with Crippen LogP contribution in [0, 0.1) is 0 Å². The minimum Gasteiger partial charge on any atom is -0.211 e. The SMILES string of the molecule is O=C=Nc1ccc(Sc2ccc(Cl)cc2)cc1Cl. The summed E-state index contributed by atoms with van der Waals surface area (Å²) in [4.78, 5) is 15.7. The van der Waals surface area contributed by atoms with Gasteiger partial charge in [-0.15, -0.1) is 0 Å². The molecule has 0 N–H and O–H groups in total. The molecule has 0 unspecified atom stereocenters. The second-order valence-corrected chi connectivity index (χ2v) is 5.36. The first kappa shape index (κ1) is 13.2. The van der Waals surface area contributed by atoms with Gasteiger partial charge in [-0.1, -0.05) is 35.0 Å². The highest BCUT2D eigenvalue weighted by molar-refractivity contribution is 7.99. The molecule has 0 spiro atoms. The van der Waals surface area contributed by atoms with Crippen LogP contribution in [-0.2, 0) is 4.79 Å². The maximum absolute atomic E-state index is 10.2. The van der Waals surface area contributed by atoms with E-state index in [0.29, 0.717) is 15.7 Å². The summed E-state index contributed by atoms with van der Waals surface area (Å²) in [5.74, 6) is 0. The van der Waals surface area contributed by atoms with Crippen LogP contribution in [-0.4, -0.2) is 6.08 Å². The van der Waals surface area contributed by atoms with E-state index in [2.05, 4.69) is 4.99 Å². The minimum atomic E-state index is 0.423. The Bertz CT molecular complexity index is 607. The third kappa shape index (κ3) is 3.37. The molecule has 0 heterocycles. The quantitative estimate of drug-likeness (QED) is 0.581. The number of aliphatic imine (C=N–C) groups is 1. The standard InChI is InChI=1S/C13H7Cl2NOS/c14-9-1-3-10(4-2-9)18-11-5-6-13(16-8-17)12(15)7-11/h1-7H. The van der Waals surface area contributed by atoms with Crippen molar-refractivity contribution < 1.29 is 4.79 Å². The van der Waals surface area contributed by atoms with Gasteiger partial charge < -0.3 is 0 Å². The van der Waals surface area contributed by atoms with Crippen molar-refractivity contribution in [3.05, 3.63) is 52.5 Å². The largest absolute Gasteiger partial charge is 0.240 e. The Labute approximate surface area is 119 Å². The zero-order valence-corrected chi connectivity index (χ0v) is 11.4. The van der Waals surface area contributed by atoms with Gasteiger partial charge in [0, 0.05) is 14.8 Å². The average Bonchev–Trinajstić information content (AvgIpc) is 2.36. The van der Waals surface area contributed by atoms with Crippen molar-refractivity contribution in [2.75, 3.05) is 0 Å². The fourth-order valence-electron chi connectivity index (χ4n) is 1.33. The number of halogens is 2. The summed E-state index contributed by atoms with van der Waals surface area (Å²) in [7, 11) is 0. The van der Waals surface area contributed by atoms with Crippen LogP contribution in [0.3, 0.4) is 0 Å². The molecule has 5 heteroatoms. The summed E-state index contributed by atoms with van der Waals surface area (Å²) in [6.07, 6.45) is 1.47. The molecule has 18 heavy (non-hydrogen) atoms. The van der Waals surface area contributed by atoms with Crippen molar-refractivity contribution >= 4 is 46.7 Å². The van der Waals surface area contributed by atoms with Crippen LogP contribution in [0.1, 0.15) is 0 Å². The smallest absolute Gasteiger partial charge is 0.211 e. The zero-order chi connectivity index (χ0) is 13.0. The van der Waals surface area contributed by atoms with Crippen LogP contribution in [0.2, 0.25) is 10.0 Å². The number of carbonyl (C=O) groups excluding carboxylic acids is 1. The molecule has 0 saturated carbocycles. The molecule has 2 nitrogen and oxygen atoms in total. The van der Waals surface area contributed by atoms with E-state index in [1.54, 1.807) is 23.9 Å². The molecule has 0 amide bonds. The minimum absolute atomic E-state index is 0.423. The van der Waals surface area contributed by atoms with E-state index in [4.69, 9.17) is 23.2 Å². The van der Waals surface area contributed by atoms with Gasteiger partial charge in [-0.2, -0.15) is 4.99 Å². The third-order valence-corrected chi connectivity index (χ3v) is 3.69. The molecule has 2 rings (SSSR count). The maximum Gasteiger partial charge on any atom is 0.240 e. The fourth-order valence-corrected chi connectivity index (χ4v) is 2.60. The Hall–Kier alpha value is -1.25. The first-order chi connectivity index (χ1) is 8.69. The highest BCUT2D eigenvalue weighted by atomic mass is 35.5. The van der Waals surface area contributed by atoms with Crippen LogP contribution in [0.4, 0.5) is 5.69 Å². The van der Waals surface area contributed by atoms with Gasteiger partial charge >= 0.3 is 0 Å². The topological polar surface area (TPSA) is 29.4 Å². The Morgan fingerprint density at radius 3 is 2.28 bits per heavy atom. The molecule has 0 fully saturated rings. The Kier molecular flexibility index (Phi) is 4.45. The monoisotopic (exact) mass is 295 g/mol. The second kappa shape index (κ2) is 6.07. The van der Waals surface area contributed by atoms with E-state index in [-0.39, 0.29) is 0 Å². The predicted molar refractivity (Wildman–Crippen MR) is 74.8 cm³/mol. The average molecular weight is 296 g/mol. The number of rotatable bonds is 3. The van der Waals surface area contributed by atoms with E-state index in [9.17, 15) is 4.79 Å². The van der Waals surface area contributed by atoms with Crippen LogP contribution in [0.5, 0.6) is 0 Å². The van der Waals surface area contributed by atoms with Gasteiger partial charge in [-0.05, 0) is 42.5 Å². The first-order valence-electron chi connectivity index (χ1n) is 5.00. The van der Waals surface area contributed by atoms with Crippen molar-refractivity contribution in [3.8, 4) is 0 Å². The summed E-state index contributed by atoms with van der Waals surface area (Å²) in [5, 5.41) is 1.13. The molecule has 0 radical (unpaired) electrons. The van der Waals surface area contributed by atoms with Gasteiger partial charge in [-0.3, -0.25) is 0 Å². The van der Waals surface area contributed by atoms with Gasteiger partial charge in [0.15, 0.2) is 0 Å². The fraction of sp³-hybridized carbons (Fsp3) is 0. The first-order valence-corrected chi connectivity index (χ1v) is 6.57. The highest BCUT2D eigenvalue weighted by Crippen LogP contribution is 2.34. The van der Waals surface area contributed by atoms with E-state index in [0.717, 1.165) is 9.79 Å². The van der Waals surface area contributed by atoms with E-state index in [1.807, 2.05) is 30.3 Å². The molecule has 0 saturated heterocycles. The molecule has 0 aliphatic rings. The summed E-state index contributed by atoms with van der Waals surface area (Å²) >= 11 is 13.4. The lowest BCUT2D eigenvalue weighted by atomic mass is 10.3. The van der Waals surface area contributed by atoms with Crippen molar-refractivity contribution in [3.63, 3.8) is 0 Å². The van der Waals surface area contributed by atoms with Crippen molar-refractivity contribution in [1.29, 1.82) is 0 Å². The molecule has 0 aliphatic heterocycles. The molecule has 0 bridgehead atoms. The summed E-state index contributed by atoms with van der Waals surface area (Å²) < 4.78 is 0. The van der Waals surface area contributed by atoms with Gasteiger partial charge in [0.1, 0.15) is 0 Å². The summed E-state index contributed by atoms with van der Waals surface area (Å²) in [5.41, 5.74) is 0.423. The molecule has 2 aromatic carbocycles.